The van der Waals surface area contributed by atoms with Gasteiger partial charge in [0.05, 0.1) is 0 Å². The highest BCUT2D eigenvalue weighted by Crippen LogP contribution is 2.17. The maximum absolute atomic E-state index is 7.42. The molecule has 0 fully saturated rings. The van der Waals surface area contributed by atoms with Crippen LogP contribution in [0.2, 0.25) is 0 Å². The summed E-state index contributed by atoms with van der Waals surface area (Å²) in [5.74, 6) is 0.969. The Morgan fingerprint density at radius 2 is 1.33 bits per heavy atom. The second kappa shape index (κ2) is 7.47. The van der Waals surface area contributed by atoms with Gasteiger partial charge in [-0.2, -0.15) is 0 Å². The van der Waals surface area contributed by atoms with Crippen LogP contribution in [0, 0.1) is 5.41 Å². The quantitative estimate of drug-likeness (QED) is 0.530. The SMILES string of the molecule is N=C(N)c1ccc(Cc2ccc(OCc3ccccc3)cc2)cc1. The van der Waals surface area contributed by atoms with E-state index in [2.05, 4.69) is 24.3 Å². The molecular formula is C21H20N2O. The van der Waals surface area contributed by atoms with Gasteiger partial charge in [-0.1, -0.05) is 66.7 Å². The lowest BCUT2D eigenvalue weighted by Crippen LogP contribution is -2.10. The molecule has 0 saturated carbocycles. The molecular weight excluding hydrogens is 296 g/mol. The maximum atomic E-state index is 7.42. The summed E-state index contributed by atoms with van der Waals surface area (Å²) in [4.78, 5) is 0. The normalized spacial score (nSPS) is 10.3. The number of hydrogen-bond acceptors (Lipinski definition) is 2. The first-order valence-corrected chi connectivity index (χ1v) is 7.90. The molecule has 0 saturated heterocycles. The van der Waals surface area contributed by atoms with E-state index in [9.17, 15) is 0 Å². The second-order valence-electron chi connectivity index (χ2n) is 5.71. The summed E-state index contributed by atoms with van der Waals surface area (Å²) in [6.07, 6.45) is 0.844. The van der Waals surface area contributed by atoms with Gasteiger partial charge in [0.25, 0.3) is 0 Å². The van der Waals surface area contributed by atoms with Crippen molar-refractivity contribution in [3.63, 3.8) is 0 Å². The summed E-state index contributed by atoms with van der Waals surface area (Å²) >= 11 is 0. The molecule has 24 heavy (non-hydrogen) atoms. The predicted octanol–water partition coefficient (Wildman–Crippen LogP) is 4.14. The highest BCUT2D eigenvalue weighted by atomic mass is 16.5. The minimum absolute atomic E-state index is 0.0986. The third kappa shape index (κ3) is 4.23. The van der Waals surface area contributed by atoms with Gasteiger partial charge in [0.1, 0.15) is 18.2 Å². The number of ether oxygens (including phenoxy) is 1. The molecule has 0 amide bonds. The van der Waals surface area contributed by atoms with Gasteiger partial charge in [0.2, 0.25) is 0 Å². The first-order valence-electron chi connectivity index (χ1n) is 7.90. The molecule has 3 rings (SSSR count). The van der Waals surface area contributed by atoms with Crippen molar-refractivity contribution in [2.75, 3.05) is 0 Å². The zero-order valence-corrected chi connectivity index (χ0v) is 13.4. The van der Waals surface area contributed by atoms with Gasteiger partial charge in [-0.05, 0) is 35.2 Å². The number of rotatable bonds is 6. The molecule has 0 heterocycles. The number of benzene rings is 3. The summed E-state index contributed by atoms with van der Waals surface area (Å²) in [5.41, 5.74) is 9.80. The lowest BCUT2D eigenvalue weighted by molar-refractivity contribution is 0.306. The molecule has 0 aliphatic heterocycles. The van der Waals surface area contributed by atoms with Crippen molar-refractivity contribution >= 4 is 5.84 Å². The van der Waals surface area contributed by atoms with E-state index < -0.39 is 0 Å². The first-order chi connectivity index (χ1) is 11.7. The molecule has 0 aliphatic carbocycles. The third-order valence-electron chi connectivity index (χ3n) is 3.84. The van der Waals surface area contributed by atoms with Crippen molar-refractivity contribution in [2.24, 2.45) is 5.73 Å². The molecule has 3 N–H and O–H groups in total. The van der Waals surface area contributed by atoms with Crippen LogP contribution < -0.4 is 10.5 Å². The Morgan fingerprint density at radius 3 is 1.92 bits per heavy atom. The maximum Gasteiger partial charge on any atom is 0.122 e. The van der Waals surface area contributed by atoms with E-state index in [4.69, 9.17) is 15.9 Å². The average Bonchev–Trinajstić information content (AvgIpc) is 2.62. The van der Waals surface area contributed by atoms with Crippen molar-refractivity contribution in [1.82, 2.24) is 0 Å². The largest absolute Gasteiger partial charge is 0.489 e. The van der Waals surface area contributed by atoms with Crippen LogP contribution in [-0.4, -0.2) is 5.84 Å². The fourth-order valence-corrected chi connectivity index (χ4v) is 2.48. The van der Waals surface area contributed by atoms with E-state index in [1.54, 1.807) is 0 Å². The van der Waals surface area contributed by atoms with Gasteiger partial charge in [-0.25, -0.2) is 0 Å². The number of nitrogens with one attached hydrogen (secondary N) is 1. The van der Waals surface area contributed by atoms with Crippen LogP contribution in [0.5, 0.6) is 5.75 Å². The lowest BCUT2D eigenvalue weighted by Gasteiger charge is -2.08. The number of amidine groups is 1. The van der Waals surface area contributed by atoms with Gasteiger partial charge < -0.3 is 10.5 Å². The minimum Gasteiger partial charge on any atom is -0.489 e. The molecule has 0 radical (unpaired) electrons. The Balaban J connectivity index is 1.59. The molecule has 0 aromatic heterocycles. The van der Waals surface area contributed by atoms with Crippen LogP contribution >= 0.6 is 0 Å². The first kappa shape index (κ1) is 15.8. The molecule has 3 aromatic carbocycles. The number of hydrogen-bond donors (Lipinski definition) is 2. The van der Waals surface area contributed by atoms with E-state index in [1.807, 2.05) is 54.6 Å². The minimum atomic E-state index is 0.0986. The smallest absolute Gasteiger partial charge is 0.122 e. The van der Waals surface area contributed by atoms with E-state index in [-0.39, 0.29) is 5.84 Å². The van der Waals surface area contributed by atoms with Crippen LogP contribution in [-0.2, 0) is 13.0 Å². The zero-order valence-electron chi connectivity index (χ0n) is 13.4. The van der Waals surface area contributed by atoms with Crippen molar-refractivity contribution in [2.45, 2.75) is 13.0 Å². The van der Waals surface area contributed by atoms with Crippen LogP contribution in [0.15, 0.2) is 78.9 Å². The number of nitrogen functional groups attached to an aromatic ring is 1. The van der Waals surface area contributed by atoms with E-state index in [1.165, 1.54) is 11.1 Å². The Bertz CT molecular complexity index is 794. The van der Waals surface area contributed by atoms with E-state index >= 15 is 0 Å². The van der Waals surface area contributed by atoms with Gasteiger partial charge in [0.15, 0.2) is 0 Å². The molecule has 3 aromatic rings. The van der Waals surface area contributed by atoms with Crippen LogP contribution in [0.3, 0.4) is 0 Å². The topological polar surface area (TPSA) is 59.1 Å². The molecule has 0 unspecified atom stereocenters. The molecule has 3 nitrogen and oxygen atoms in total. The third-order valence-corrected chi connectivity index (χ3v) is 3.84. The fraction of sp³-hybridized carbons (Fsp3) is 0.0952. The lowest BCUT2D eigenvalue weighted by atomic mass is 10.0. The van der Waals surface area contributed by atoms with Gasteiger partial charge in [0, 0.05) is 5.56 Å². The van der Waals surface area contributed by atoms with Crippen molar-refractivity contribution < 1.29 is 4.74 Å². The van der Waals surface area contributed by atoms with Crippen molar-refractivity contribution in [1.29, 1.82) is 5.41 Å². The van der Waals surface area contributed by atoms with E-state index in [0.29, 0.717) is 6.61 Å². The van der Waals surface area contributed by atoms with Crippen LogP contribution in [0.25, 0.3) is 0 Å². The van der Waals surface area contributed by atoms with Gasteiger partial charge >= 0.3 is 0 Å². The van der Waals surface area contributed by atoms with Crippen LogP contribution in [0.1, 0.15) is 22.3 Å². The summed E-state index contributed by atoms with van der Waals surface area (Å²) in [5, 5.41) is 7.42. The Hall–Kier alpha value is -3.07. The summed E-state index contributed by atoms with van der Waals surface area (Å²) in [6, 6.07) is 26.1. The molecule has 0 bridgehead atoms. The summed E-state index contributed by atoms with van der Waals surface area (Å²) in [6.45, 7) is 0.576. The van der Waals surface area contributed by atoms with Gasteiger partial charge in [-0.15, -0.1) is 0 Å². The second-order valence-corrected chi connectivity index (χ2v) is 5.71. The standard InChI is InChI=1S/C21H20N2O/c22-21(23)19-10-6-16(7-11-19)14-17-8-12-20(13-9-17)24-15-18-4-2-1-3-5-18/h1-13H,14-15H2,(H3,22,23). The molecule has 0 aliphatic rings. The van der Waals surface area contributed by atoms with Gasteiger partial charge in [-0.3, -0.25) is 5.41 Å². The highest BCUT2D eigenvalue weighted by molar-refractivity contribution is 5.94. The van der Waals surface area contributed by atoms with Crippen molar-refractivity contribution in [3.8, 4) is 5.75 Å². The van der Waals surface area contributed by atoms with E-state index in [0.717, 1.165) is 23.3 Å². The zero-order chi connectivity index (χ0) is 16.8. The van der Waals surface area contributed by atoms with Crippen molar-refractivity contribution in [3.05, 3.63) is 101 Å². The highest BCUT2D eigenvalue weighted by Gasteiger charge is 2.01. The van der Waals surface area contributed by atoms with Crippen LogP contribution in [0.4, 0.5) is 0 Å². The Kier molecular flexibility index (Phi) is 4.92. The predicted molar refractivity (Wildman–Crippen MR) is 97.5 cm³/mol. The molecule has 120 valence electrons. The monoisotopic (exact) mass is 316 g/mol. The average molecular weight is 316 g/mol. The fourth-order valence-electron chi connectivity index (χ4n) is 2.48. The molecule has 3 heteroatoms. The summed E-state index contributed by atoms with van der Waals surface area (Å²) in [7, 11) is 0. The number of nitrogens with two attached hydrogens (primary N) is 1. The molecule has 0 atom stereocenters. The summed E-state index contributed by atoms with van der Waals surface area (Å²) < 4.78 is 5.80. The Labute approximate surface area is 142 Å². The Morgan fingerprint density at radius 1 is 0.750 bits per heavy atom. The molecule has 0 spiro atoms.